The Bertz CT molecular complexity index is 819. The minimum Gasteiger partial charge on any atom is -0.383 e. The van der Waals surface area contributed by atoms with Gasteiger partial charge in [0.25, 0.3) is 5.91 Å². The van der Waals surface area contributed by atoms with Crippen molar-refractivity contribution in [2.45, 2.75) is 25.3 Å². The number of rotatable bonds is 7. The highest BCUT2D eigenvalue weighted by Gasteiger charge is 2.22. The number of anilines is 1. The van der Waals surface area contributed by atoms with Crippen molar-refractivity contribution >= 4 is 17.6 Å². The lowest BCUT2D eigenvalue weighted by Gasteiger charge is -2.28. The molecule has 1 aliphatic rings. The summed E-state index contributed by atoms with van der Waals surface area (Å²) in [6.07, 6.45) is 2.80. The van der Waals surface area contributed by atoms with Crippen LogP contribution in [0.25, 0.3) is 0 Å². The minimum atomic E-state index is -0.228. The summed E-state index contributed by atoms with van der Waals surface area (Å²) in [5, 5.41) is 2.91. The highest BCUT2D eigenvalue weighted by Crippen LogP contribution is 2.17. The lowest BCUT2D eigenvalue weighted by atomic mass is 10.1. The molecule has 6 heteroatoms. The zero-order chi connectivity index (χ0) is 20.6. The first-order valence-corrected chi connectivity index (χ1v) is 10.0. The number of urea groups is 1. The summed E-state index contributed by atoms with van der Waals surface area (Å²) in [6, 6.07) is 16.9. The Morgan fingerprint density at radius 1 is 1.10 bits per heavy atom. The van der Waals surface area contributed by atoms with Crippen molar-refractivity contribution in [1.82, 2.24) is 9.80 Å². The van der Waals surface area contributed by atoms with Gasteiger partial charge in [-0.25, -0.2) is 4.79 Å². The van der Waals surface area contributed by atoms with Crippen molar-refractivity contribution in [1.29, 1.82) is 0 Å². The molecule has 6 nitrogen and oxygen atoms in total. The van der Waals surface area contributed by atoms with E-state index in [0.29, 0.717) is 24.3 Å². The molecule has 1 N–H and O–H groups in total. The van der Waals surface area contributed by atoms with E-state index >= 15 is 0 Å². The molecule has 0 bridgehead atoms. The first kappa shape index (κ1) is 20.9. The highest BCUT2D eigenvalue weighted by atomic mass is 16.5. The van der Waals surface area contributed by atoms with E-state index in [0.717, 1.165) is 31.5 Å². The topological polar surface area (TPSA) is 61.9 Å². The van der Waals surface area contributed by atoms with Crippen LogP contribution < -0.4 is 5.32 Å². The Kier molecular flexibility index (Phi) is 7.25. The summed E-state index contributed by atoms with van der Waals surface area (Å²) < 4.78 is 5.33. The van der Waals surface area contributed by atoms with Gasteiger partial charge in [0.15, 0.2) is 0 Å². The molecule has 1 fully saturated rings. The molecule has 0 aliphatic carbocycles. The molecule has 1 saturated heterocycles. The second-order valence-electron chi connectivity index (χ2n) is 7.42. The average Bonchev–Trinajstić information content (AvgIpc) is 3.28. The Morgan fingerprint density at radius 3 is 2.52 bits per heavy atom. The first-order valence-electron chi connectivity index (χ1n) is 10.0. The Labute approximate surface area is 172 Å². The number of carbonyl (C=O) groups excluding carboxylic acids is 2. The van der Waals surface area contributed by atoms with Gasteiger partial charge >= 0.3 is 6.03 Å². The van der Waals surface area contributed by atoms with Gasteiger partial charge in [-0.15, -0.1) is 0 Å². The van der Waals surface area contributed by atoms with Crippen LogP contribution in [0.1, 0.15) is 28.8 Å². The van der Waals surface area contributed by atoms with Crippen LogP contribution >= 0.6 is 0 Å². The lowest BCUT2D eigenvalue weighted by molar-refractivity contribution is 0.0793. The zero-order valence-corrected chi connectivity index (χ0v) is 17.1. The smallest absolute Gasteiger partial charge is 0.321 e. The number of nitrogens with zero attached hydrogens (tertiary/aromatic N) is 2. The van der Waals surface area contributed by atoms with E-state index in [4.69, 9.17) is 4.74 Å². The van der Waals surface area contributed by atoms with Crippen LogP contribution in [0.15, 0.2) is 54.6 Å². The third-order valence-corrected chi connectivity index (χ3v) is 5.30. The monoisotopic (exact) mass is 395 g/mol. The normalized spacial score (nSPS) is 14.5. The zero-order valence-electron chi connectivity index (χ0n) is 17.1. The molecular formula is C23H29N3O3. The quantitative estimate of drug-likeness (QED) is 0.779. The lowest BCUT2D eigenvalue weighted by Crippen LogP contribution is -2.43. The average molecular weight is 396 g/mol. The summed E-state index contributed by atoms with van der Waals surface area (Å²) >= 11 is 0. The Balaban J connectivity index is 1.66. The second kappa shape index (κ2) is 10.1. The maximum absolute atomic E-state index is 12.8. The molecule has 2 aromatic rings. The molecule has 3 rings (SSSR count). The molecule has 0 radical (unpaired) electrons. The minimum absolute atomic E-state index is 0.0216. The molecule has 29 heavy (non-hydrogen) atoms. The highest BCUT2D eigenvalue weighted by molar-refractivity contribution is 5.97. The summed E-state index contributed by atoms with van der Waals surface area (Å²) in [5.41, 5.74) is 2.36. The summed E-state index contributed by atoms with van der Waals surface area (Å²) in [6.45, 7) is 2.04. The molecule has 1 heterocycles. The Hall–Kier alpha value is -2.86. The molecule has 0 aromatic heterocycles. The maximum atomic E-state index is 12.8. The van der Waals surface area contributed by atoms with Gasteiger partial charge in [0.2, 0.25) is 0 Å². The Morgan fingerprint density at radius 2 is 1.83 bits per heavy atom. The predicted octanol–water partition coefficient (Wildman–Crippen LogP) is 3.64. The van der Waals surface area contributed by atoms with Crippen LogP contribution in [-0.4, -0.2) is 61.6 Å². The van der Waals surface area contributed by atoms with Crippen LogP contribution in [0.4, 0.5) is 10.5 Å². The van der Waals surface area contributed by atoms with Gasteiger partial charge in [0.1, 0.15) is 0 Å². The molecule has 1 atom stereocenters. The molecule has 3 amide bonds. The molecule has 2 aromatic carbocycles. The molecule has 0 unspecified atom stereocenters. The standard InChI is InChI=1S/C23H29N3O3/c1-25(21(17-29-2)15-18-9-4-3-5-10-18)23(28)24-20-12-8-11-19(16-20)22(27)26-13-6-7-14-26/h3-5,8-12,16,21H,6-7,13-15,17H2,1-2H3,(H,24,28)/t21-/m0/s1. The number of amides is 3. The number of benzene rings is 2. The van der Waals surface area contributed by atoms with Crippen LogP contribution in [0, 0.1) is 0 Å². The molecule has 154 valence electrons. The molecule has 0 saturated carbocycles. The number of nitrogens with one attached hydrogen (secondary N) is 1. The molecular weight excluding hydrogens is 366 g/mol. The van der Waals surface area contributed by atoms with E-state index in [-0.39, 0.29) is 18.0 Å². The predicted molar refractivity (Wildman–Crippen MR) is 114 cm³/mol. The number of carbonyl (C=O) groups is 2. The van der Waals surface area contributed by atoms with Crippen LogP contribution in [0.5, 0.6) is 0 Å². The van der Waals surface area contributed by atoms with E-state index < -0.39 is 0 Å². The fraction of sp³-hybridized carbons (Fsp3) is 0.391. The van der Waals surface area contributed by atoms with Crippen molar-refractivity contribution in [3.8, 4) is 0 Å². The van der Waals surface area contributed by atoms with Gasteiger partial charge in [0, 0.05) is 38.5 Å². The van der Waals surface area contributed by atoms with Gasteiger partial charge in [0.05, 0.1) is 12.6 Å². The van der Waals surface area contributed by atoms with Crippen molar-refractivity contribution in [2.24, 2.45) is 0 Å². The van der Waals surface area contributed by atoms with Gasteiger partial charge in [-0.3, -0.25) is 4.79 Å². The van der Waals surface area contributed by atoms with Crippen LogP contribution in [-0.2, 0) is 11.2 Å². The largest absolute Gasteiger partial charge is 0.383 e. The second-order valence-corrected chi connectivity index (χ2v) is 7.42. The van der Waals surface area contributed by atoms with E-state index in [1.165, 1.54) is 0 Å². The number of ether oxygens (including phenoxy) is 1. The fourth-order valence-corrected chi connectivity index (χ4v) is 3.60. The van der Waals surface area contributed by atoms with Gasteiger partial charge in [-0.05, 0) is 43.0 Å². The van der Waals surface area contributed by atoms with E-state index in [1.54, 1.807) is 43.3 Å². The number of likely N-dealkylation sites (N-methyl/N-ethyl adjacent to an activating group) is 1. The van der Waals surface area contributed by atoms with Crippen LogP contribution in [0.3, 0.4) is 0 Å². The van der Waals surface area contributed by atoms with E-state index in [9.17, 15) is 9.59 Å². The van der Waals surface area contributed by atoms with Crippen LogP contribution in [0.2, 0.25) is 0 Å². The number of hydrogen-bond donors (Lipinski definition) is 1. The number of methoxy groups -OCH3 is 1. The van der Waals surface area contributed by atoms with Crippen molar-refractivity contribution in [3.63, 3.8) is 0 Å². The fourth-order valence-electron chi connectivity index (χ4n) is 3.60. The van der Waals surface area contributed by atoms with Crippen molar-refractivity contribution in [3.05, 3.63) is 65.7 Å². The van der Waals surface area contributed by atoms with Gasteiger partial charge < -0.3 is 19.9 Å². The molecule has 1 aliphatic heterocycles. The third kappa shape index (κ3) is 5.57. The van der Waals surface area contributed by atoms with Crippen molar-refractivity contribution < 1.29 is 14.3 Å². The number of likely N-dealkylation sites (tertiary alicyclic amines) is 1. The maximum Gasteiger partial charge on any atom is 0.321 e. The summed E-state index contributed by atoms with van der Waals surface area (Å²) in [4.78, 5) is 28.9. The van der Waals surface area contributed by atoms with Gasteiger partial charge in [-0.1, -0.05) is 36.4 Å². The van der Waals surface area contributed by atoms with E-state index in [1.807, 2.05) is 35.2 Å². The summed E-state index contributed by atoms with van der Waals surface area (Å²) in [5.74, 6) is 0.0216. The van der Waals surface area contributed by atoms with E-state index in [2.05, 4.69) is 5.32 Å². The summed E-state index contributed by atoms with van der Waals surface area (Å²) in [7, 11) is 3.40. The SMILES string of the molecule is COC[C@H](Cc1ccccc1)N(C)C(=O)Nc1cccc(C(=O)N2CCCC2)c1. The van der Waals surface area contributed by atoms with Gasteiger partial charge in [-0.2, -0.15) is 0 Å². The first-order chi connectivity index (χ1) is 14.1. The molecule has 0 spiro atoms. The van der Waals surface area contributed by atoms with Crippen molar-refractivity contribution in [2.75, 3.05) is 39.2 Å². The third-order valence-electron chi connectivity index (χ3n) is 5.30. The number of hydrogen-bond acceptors (Lipinski definition) is 3.